The number of ether oxygens (including phenoxy) is 2. The van der Waals surface area contributed by atoms with Gasteiger partial charge in [-0.15, -0.1) is 0 Å². The summed E-state index contributed by atoms with van der Waals surface area (Å²) in [6.45, 7) is -1.53. The minimum Gasteiger partial charge on any atom is -0.494 e. The van der Waals surface area contributed by atoms with Crippen LogP contribution in [0.3, 0.4) is 0 Å². The molecule has 0 fully saturated rings. The van der Waals surface area contributed by atoms with E-state index in [0.29, 0.717) is 6.07 Å². The van der Waals surface area contributed by atoms with Gasteiger partial charge >= 0.3 is 6.98 Å². The van der Waals surface area contributed by atoms with Crippen LogP contribution in [0.1, 0.15) is 13.8 Å². The predicted octanol–water partition coefficient (Wildman–Crippen LogP) is 2.68. The fourth-order valence-electron chi connectivity index (χ4n) is 1.34. The van der Waals surface area contributed by atoms with E-state index in [4.69, 9.17) is 9.47 Å². The lowest BCUT2D eigenvalue weighted by Gasteiger charge is -2.20. The summed E-state index contributed by atoms with van der Waals surface area (Å²) in [7, 11) is 0. The van der Waals surface area contributed by atoms with Crippen molar-refractivity contribution in [2.24, 2.45) is 0 Å². The smallest absolute Gasteiger partial charge is 0.494 e. The highest BCUT2D eigenvalue weighted by atomic mass is 19.4. The molecule has 2 nitrogen and oxygen atoms in total. The third-order valence-corrected chi connectivity index (χ3v) is 2.12. The molecular weight excluding hydrogens is 251 g/mol. The first-order chi connectivity index (χ1) is 8.30. The molecule has 0 aliphatic carbocycles. The van der Waals surface area contributed by atoms with Gasteiger partial charge in [0.15, 0.2) is 0 Å². The van der Waals surface area contributed by atoms with Gasteiger partial charge in [0, 0.05) is 6.07 Å². The molecule has 0 N–H and O–H groups in total. The maximum Gasteiger partial charge on any atom is 0.513 e. The van der Waals surface area contributed by atoms with Crippen molar-refractivity contribution in [2.75, 3.05) is 13.2 Å². The van der Waals surface area contributed by atoms with E-state index in [1.165, 1.54) is 0 Å². The fraction of sp³-hybridized carbons (Fsp3) is 0.455. The largest absolute Gasteiger partial charge is 0.513 e. The molecule has 0 radical (unpaired) electrons. The summed E-state index contributed by atoms with van der Waals surface area (Å²) in [6.07, 6.45) is -0.0348. The Hall–Kier alpha value is -1.24. The molecule has 0 spiro atoms. The van der Waals surface area contributed by atoms with Gasteiger partial charge < -0.3 is 22.4 Å². The average Bonchev–Trinajstić information content (AvgIpc) is 2.22. The van der Waals surface area contributed by atoms with Crippen molar-refractivity contribution in [3.63, 3.8) is 0 Å². The molecule has 1 rings (SSSR count). The van der Waals surface area contributed by atoms with E-state index in [-0.39, 0.29) is 19.3 Å². The molecule has 0 bridgehead atoms. The van der Waals surface area contributed by atoms with Crippen molar-refractivity contribution >= 4 is 12.4 Å². The summed E-state index contributed by atoms with van der Waals surface area (Å²) in [5.74, 6) is -1.26. The first-order valence-electron chi connectivity index (χ1n) is 5.54. The normalized spacial score (nSPS) is 11.9. The van der Waals surface area contributed by atoms with E-state index in [0.717, 1.165) is 12.1 Å². The SMILES string of the molecule is CC(C)OCCOc1cc(F)ccc1[B-](F)(F)F. The molecule has 0 aliphatic rings. The Morgan fingerprint density at radius 1 is 1.17 bits per heavy atom. The van der Waals surface area contributed by atoms with Crippen molar-refractivity contribution in [2.45, 2.75) is 20.0 Å². The maximum absolute atomic E-state index is 12.9. The second-order valence-corrected chi connectivity index (χ2v) is 4.02. The zero-order valence-electron chi connectivity index (χ0n) is 10.1. The van der Waals surface area contributed by atoms with Crippen molar-refractivity contribution in [1.82, 2.24) is 0 Å². The topological polar surface area (TPSA) is 18.5 Å². The Labute approximate surface area is 103 Å². The van der Waals surface area contributed by atoms with Gasteiger partial charge in [-0.2, -0.15) is 0 Å². The summed E-state index contributed by atoms with van der Waals surface area (Å²) in [6, 6.07) is 2.19. The number of hydrogen-bond acceptors (Lipinski definition) is 2. The minimum absolute atomic E-state index is 0.0348. The van der Waals surface area contributed by atoms with E-state index in [1.54, 1.807) is 13.8 Å². The van der Waals surface area contributed by atoms with Gasteiger partial charge in [-0.05, 0) is 19.9 Å². The molecule has 18 heavy (non-hydrogen) atoms. The Kier molecular flexibility index (Phi) is 5.01. The van der Waals surface area contributed by atoms with E-state index >= 15 is 0 Å². The standard InChI is InChI=1S/C11H14BF4O2/c1-8(2)17-5-6-18-11-7-9(13)3-4-10(11)12(14,15)16/h3-4,7-8H,5-6H2,1-2H3/q-1. The van der Waals surface area contributed by atoms with E-state index < -0.39 is 24.0 Å². The lowest BCUT2D eigenvalue weighted by atomic mass is 9.79. The third kappa shape index (κ3) is 4.56. The number of hydrogen-bond donors (Lipinski definition) is 0. The summed E-state index contributed by atoms with van der Waals surface area (Å²) in [5, 5.41) is 0. The fourth-order valence-corrected chi connectivity index (χ4v) is 1.34. The quantitative estimate of drug-likeness (QED) is 0.447. The molecule has 0 aliphatic heterocycles. The van der Waals surface area contributed by atoms with Crippen LogP contribution in [0.4, 0.5) is 17.3 Å². The molecule has 0 saturated carbocycles. The van der Waals surface area contributed by atoms with Crippen molar-refractivity contribution in [1.29, 1.82) is 0 Å². The van der Waals surface area contributed by atoms with Crippen LogP contribution in [0.5, 0.6) is 5.75 Å². The predicted molar refractivity (Wildman–Crippen MR) is 61.7 cm³/mol. The minimum atomic E-state index is -5.22. The molecule has 1 aromatic rings. The molecule has 0 saturated heterocycles. The highest BCUT2D eigenvalue weighted by Crippen LogP contribution is 2.19. The van der Waals surface area contributed by atoms with E-state index in [9.17, 15) is 17.3 Å². The second-order valence-electron chi connectivity index (χ2n) is 4.02. The second kappa shape index (κ2) is 6.09. The van der Waals surface area contributed by atoms with Gasteiger partial charge in [-0.1, -0.05) is 11.5 Å². The van der Waals surface area contributed by atoms with Crippen LogP contribution in [-0.2, 0) is 4.74 Å². The molecule has 0 atom stereocenters. The highest BCUT2D eigenvalue weighted by Gasteiger charge is 2.29. The van der Waals surface area contributed by atoms with Crippen molar-refractivity contribution in [3.05, 3.63) is 24.0 Å². The molecule has 0 heterocycles. The highest BCUT2D eigenvalue weighted by molar-refractivity contribution is 6.74. The lowest BCUT2D eigenvalue weighted by molar-refractivity contribution is 0.0553. The zero-order chi connectivity index (χ0) is 13.8. The first-order valence-corrected chi connectivity index (χ1v) is 5.54. The average molecular weight is 265 g/mol. The van der Waals surface area contributed by atoms with Gasteiger partial charge in [-0.25, -0.2) is 4.39 Å². The number of rotatable bonds is 6. The third-order valence-electron chi connectivity index (χ3n) is 2.12. The Bertz CT molecular complexity index is 393. The Morgan fingerprint density at radius 3 is 2.39 bits per heavy atom. The lowest BCUT2D eigenvalue weighted by Crippen LogP contribution is -2.35. The first kappa shape index (κ1) is 14.8. The van der Waals surface area contributed by atoms with Gasteiger partial charge in [0.2, 0.25) is 0 Å². The van der Waals surface area contributed by atoms with Crippen LogP contribution in [-0.4, -0.2) is 26.3 Å². The van der Waals surface area contributed by atoms with E-state index in [1.807, 2.05) is 0 Å². The van der Waals surface area contributed by atoms with Crippen LogP contribution in [0.25, 0.3) is 0 Å². The molecule has 1 aromatic carbocycles. The van der Waals surface area contributed by atoms with Crippen LogP contribution in [0.15, 0.2) is 18.2 Å². The monoisotopic (exact) mass is 265 g/mol. The van der Waals surface area contributed by atoms with Crippen LogP contribution < -0.4 is 10.2 Å². The summed E-state index contributed by atoms with van der Waals surface area (Å²) >= 11 is 0. The molecule has 0 aromatic heterocycles. The number of benzene rings is 1. The Balaban J connectivity index is 2.71. The van der Waals surface area contributed by atoms with Crippen LogP contribution in [0, 0.1) is 5.82 Å². The van der Waals surface area contributed by atoms with Gasteiger partial charge in [0.25, 0.3) is 0 Å². The summed E-state index contributed by atoms with van der Waals surface area (Å²) < 4.78 is 60.9. The molecule has 0 amide bonds. The molecule has 102 valence electrons. The molecule has 0 unspecified atom stereocenters. The van der Waals surface area contributed by atoms with Crippen LogP contribution in [0.2, 0.25) is 0 Å². The Morgan fingerprint density at radius 2 is 1.83 bits per heavy atom. The molecule has 7 heteroatoms. The van der Waals surface area contributed by atoms with Crippen LogP contribution >= 0.6 is 0 Å². The van der Waals surface area contributed by atoms with Crippen molar-refractivity contribution in [3.8, 4) is 5.75 Å². The van der Waals surface area contributed by atoms with Gasteiger partial charge in [-0.3, -0.25) is 0 Å². The van der Waals surface area contributed by atoms with Crippen molar-refractivity contribution < 1.29 is 26.8 Å². The summed E-state index contributed by atoms with van der Waals surface area (Å²) in [5.41, 5.74) is -0.930. The zero-order valence-corrected chi connectivity index (χ0v) is 10.1. The summed E-state index contributed by atoms with van der Waals surface area (Å²) in [4.78, 5) is 0. The van der Waals surface area contributed by atoms with Gasteiger partial charge in [0.1, 0.15) is 12.4 Å². The number of halogens is 4. The van der Waals surface area contributed by atoms with Gasteiger partial charge in [0.05, 0.1) is 18.5 Å². The van der Waals surface area contributed by atoms with E-state index in [2.05, 4.69) is 0 Å². The maximum atomic E-state index is 12.9. The molecular formula is C11H14BF4O2-.